The molecule has 1 heterocycles. The molecule has 3 rings (SSSR count). The zero-order valence-electron chi connectivity index (χ0n) is 14.2. The molecule has 2 aromatic carbocycles. The Morgan fingerprint density at radius 1 is 1.23 bits per heavy atom. The molecule has 7 heteroatoms. The number of nitrogens with one attached hydrogen (secondary N) is 1. The van der Waals surface area contributed by atoms with Crippen LogP contribution in [0, 0.1) is 5.82 Å². The standard InChI is InChI=1S/C19H20ClFN2O3/c20-15-3-7-17(8-4-15)25-11-9-22-19(24)23-10-12-26-18(13-23)14-1-5-16(21)6-2-14/h1-8,18H,9-13H2,(H,22,24). The second kappa shape index (κ2) is 8.87. The predicted octanol–water partition coefficient (Wildman–Crippen LogP) is 3.64. The lowest BCUT2D eigenvalue weighted by Gasteiger charge is -2.33. The number of nitrogens with zero attached hydrogens (tertiary/aromatic N) is 1. The third-order valence-corrected chi connectivity index (χ3v) is 4.31. The van der Waals surface area contributed by atoms with Crippen molar-refractivity contribution in [3.8, 4) is 5.75 Å². The number of halogens is 2. The van der Waals surface area contributed by atoms with Gasteiger partial charge in [-0.3, -0.25) is 0 Å². The summed E-state index contributed by atoms with van der Waals surface area (Å²) in [5, 5.41) is 3.48. The number of amides is 2. The maximum atomic E-state index is 13.0. The van der Waals surface area contributed by atoms with Crippen LogP contribution >= 0.6 is 11.6 Å². The third-order valence-electron chi connectivity index (χ3n) is 4.06. The molecule has 2 aromatic rings. The molecule has 1 aliphatic heterocycles. The number of carbonyl (C=O) groups excluding carboxylic acids is 1. The number of carbonyl (C=O) groups is 1. The third kappa shape index (κ3) is 5.09. The summed E-state index contributed by atoms with van der Waals surface area (Å²) in [6, 6.07) is 13.0. The topological polar surface area (TPSA) is 50.8 Å². The molecule has 138 valence electrons. The Morgan fingerprint density at radius 3 is 2.69 bits per heavy atom. The predicted molar refractivity (Wildman–Crippen MR) is 97.0 cm³/mol. The van der Waals surface area contributed by atoms with Crippen molar-refractivity contribution in [1.29, 1.82) is 0 Å². The molecule has 26 heavy (non-hydrogen) atoms. The maximum Gasteiger partial charge on any atom is 0.317 e. The Hall–Kier alpha value is -2.31. The molecule has 0 aliphatic carbocycles. The van der Waals surface area contributed by atoms with Gasteiger partial charge in [0.2, 0.25) is 0 Å². The van der Waals surface area contributed by atoms with Crippen LogP contribution in [0.2, 0.25) is 5.02 Å². The van der Waals surface area contributed by atoms with Crippen LogP contribution in [-0.2, 0) is 4.74 Å². The minimum atomic E-state index is -0.292. The van der Waals surface area contributed by atoms with E-state index in [4.69, 9.17) is 21.1 Å². The van der Waals surface area contributed by atoms with Gasteiger partial charge in [0.1, 0.15) is 24.3 Å². The van der Waals surface area contributed by atoms with Crippen LogP contribution in [-0.4, -0.2) is 43.8 Å². The number of morpholine rings is 1. The van der Waals surface area contributed by atoms with Gasteiger partial charge in [-0.1, -0.05) is 23.7 Å². The summed E-state index contributed by atoms with van der Waals surface area (Å²) in [5.74, 6) is 0.409. The zero-order chi connectivity index (χ0) is 18.4. The van der Waals surface area contributed by atoms with Crippen LogP contribution in [0.15, 0.2) is 48.5 Å². The van der Waals surface area contributed by atoms with Crippen molar-refractivity contribution in [3.63, 3.8) is 0 Å². The average Bonchev–Trinajstić information content (AvgIpc) is 2.67. The highest BCUT2D eigenvalue weighted by molar-refractivity contribution is 6.30. The number of urea groups is 1. The molecule has 1 N–H and O–H groups in total. The summed E-state index contributed by atoms with van der Waals surface area (Å²) >= 11 is 5.82. The van der Waals surface area contributed by atoms with Gasteiger partial charge in [0.15, 0.2) is 0 Å². The van der Waals surface area contributed by atoms with Crippen molar-refractivity contribution in [2.24, 2.45) is 0 Å². The van der Waals surface area contributed by atoms with E-state index in [0.29, 0.717) is 43.6 Å². The number of ether oxygens (including phenoxy) is 2. The molecule has 1 unspecified atom stereocenters. The Kier molecular flexibility index (Phi) is 6.30. The normalized spacial score (nSPS) is 17.0. The molecule has 0 aromatic heterocycles. The lowest BCUT2D eigenvalue weighted by Crippen LogP contribution is -2.47. The molecule has 1 fully saturated rings. The summed E-state index contributed by atoms with van der Waals surface area (Å²) in [7, 11) is 0. The zero-order valence-corrected chi connectivity index (χ0v) is 14.9. The van der Waals surface area contributed by atoms with Gasteiger partial charge >= 0.3 is 6.03 Å². The van der Waals surface area contributed by atoms with Gasteiger partial charge in [0.25, 0.3) is 0 Å². The van der Waals surface area contributed by atoms with E-state index in [1.807, 2.05) is 0 Å². The van der Waals surface area contributed by atoms with Crippen molar-refractivity contribution >= 4 is 17.6 Å². The van der Waals surface area contributed by atoms with Crippen molar-refractivity contribution in [2.75, 3.05) is 32.8 Å². The molecule has 0 saturated carbocycles. The van der Waals surface area contributed by atoms with Gasteiger partial charge in [-0.2, -0.15) is 0 Å². The minimum absolute atomic E-state index is 0.167. The lowest BCUT2D eigenvalue weighted by atomic mass is 10.1. The first-order chi connectivity index (χ1) is 12.6. The second-order valence-electron chi connectivity index (χ2n) is 5.89. The Bertz CT molecular complexity index is 725. The number of benzene rings is 2. The average molecular weight is 379 g/mol. The minimum Gasteiger partial charge on any atom is -0.492 e. The molecule has 5 nitrogen and oxygen atoms in total. The second-order valence-corrected chi connectivity index (χ2v) is 6.33. The van der Waals surface area contributed by atoms with Crippen LogP contribution in [0.1, 0.15) is 11.7 Å². The first-order valence-electron chi connectivity index (χ1n) is 8.40. The van der Waals surface area contributed by atoms with Crippen LogP contribution in [0.5, 0.6) is 5.75 Å². The lowest BCUT2D eigenvalue weighted by molar-refractivity contribution is -0.0155. The Morgan fingerprint density at radius 2 is 1.96 bits per heavy atom. The van der Waals surface area contributed by atoms with Gasteiger partial charge in [0.05, 0.1) is 19.7 Å². The molecule has 1 atom stereocenters. The Labute approximate surface area is 156 Å². The molecule has 2 amide bonds. The van der Waals surface area contributed by atoms with Gasteiger partial charge in [-0.15, -0.1) is 0 Å². The highest BCUT2D eigenvalue weighted by Crippen LogP contribution is 2.22. The van der Waals surface area contributed by atoms with Gasteiger partial charge < -0.3 is 19.7 Å². The van der Waals surface area contributed by atoms with Gasteiger partial charge in [-0.05, 0) is 42.0 Å². The largest absolute Gasteiger partial charge is 0.492 e. The Balaban J connectivity index is 1.43. The molecule has 0 spiro atoms. The molecular formula is C19H20ClFN2O3. The summed E-state index contributed by atoms with van der Waals surface area (Å²) in [6.07, 6.45) is -0.250. The summed E-state index contributed by atoms with van der Waals surface area (Å²) < 4.78 is 24.3. The van der Waals surface area contributed by atoms with Gasteiger partial charge in [-0.25, -0.2) is 9.18 Å². The molecule has 1 saturated heterocycles. The van der Waals surface area contributed by atoms with Crippen LogP contribution in [0.4, 0.5) is 9.18 Å². The van der Waals surface area contributed by atoms with Crippen LogP contribution in [0.25, 0.3) is 0 Å². The quantitative estimate of drug-likeness (QED) is 0.808. The smallest absolute Gasteiger partial charge is 0.317 e. The monoisotopic (exact) mass is 378 g/mol. The first-order valence-corrected chi connectivity index (χ1v) is 8.78. The molecule has 0 bridgehead atoms. The van der Waals surface area contributed by atoms with E-state index >= 15 is 0 Å². The fourth-order valence-electron chi connectivity index (χ4n) is 2.68. The molecule has 1 aliphatic rings. The van der Waals surface area contributed by atoms with Crippen molar-refractivity contribution in [3.05, 3.63) is 64.9 Å². The SMILES string of the molecule is O=C(NCCOc1ccc(Cl)cc1)N1CCOC(c2ccc(F)cc2)C1. The van der Waals surface area contributed by atoms with Crippen molar-refractivity contribution < 1.29 is 18.7 Å². The van der Waals surface area contributed by atoms with Crippen LogP contribution in [0.3, 0.4) is 0 Å². The first kappa shape index (κ1) is 18.5. The van der Waals surface area contributed by atoms with E-state index in [9.17, 15) is 9.18 Å². The summed E-state index contributed by atoms with van der Waals surface area (Å²) in [4.78, 5) is 14.0. The number of hydrogen-bond acceptors (Lipinski definition) is 3. The summed E-state index contributed by atoms with van der Waals surface area (Å²) in [6.45, 7) is 2.13. The highest BCUT2D eigenvalue weighted by atomic mass is 35.5. The maximum absolute atomic E-state index is 13.0. The number of hydrogen-bond donors (Lipinski definition) is 1. The van der Waals surface area contributed by atoms with E-state index in [1.165, 1.54) is 12.1 Å². The molecular weight excluding hydrogens is 359 g/mol. The highest BCUT2D eigenvalue weighted by Gasteiger charge is 2.25. The van der Waals surface area contributed by atoms with Crippen molar-refractivity contribution in [1.82, 2.24) is 10.2 Å². The van der Waals surface area contributed by atoms with E-state index < -0.39 is 0 Å². The van der Waals surface area contributed by atoms with E-state index in [1.54, 1.807) is 41.3 Å². The van der Waals surface area contributed by atoms with E-state index in [2.05, 4.69) is 5.32 Å². The van der Waals surface area contributed by atoms with Gasteiger partial charge in [0, 0.05) is 11.6 Å². The van der Waals surface area contributed by atoms with Crippen molar-refractivity contribution in [2.45, 2.75) is 6.10 Å². The van der Waals surface area contributed by atoms with E-state index in [0.717, 1.165) is 5.56 Å². The van der Waals surface area contributed by atoms with Crippen LogP contribution < -0.4 is 10.1 Å². The molecule has 0 radical (unpaired) electrons. The summed E-state index contributed by atoms with van der Waals surface area (Å²) in [5.41, 5.74) is 0.856. The van der Waals surface area contributed by atoms with E-state index in [-0.39, 0.29) is 18.0 Å². The fraction of sp³-hybridized carbons (Fsp3) is 0.316. The fourth-order valence-corrected chi connectivity index (χ4v) is 2.81. The number of rotatable bonds is 5.